The summed E-state index contributed by atoms with van der Waals surface area (Å²) in [5.74, 6) is -0.181. The molecule has 3 heterocycles. The number of nitrogens with zero attached hydrogens (tertiary/aromatic N) is 4. The topological polar surface area (TPSA) is 80.1 Å². The van der Waals surface area contributed by atoms with Gasteiger partial charge in [-0.25, -0.2) is 4.98 Å². The van der Waals surface area contributed by atoms with Crippen molar-refractivity contribution < 1.29 is 9.59 Å². The lowest BCUT2D eigenvalue weighted by Crippen LogP contribution is -2.30. The largest absolute Gasteiger partial charge is 0.354 e. The summed E-state index contributed by atoms with van der Waals surface area (Å²) < 4.78 is 1.62. The van der Waals surface area contributed by atoms with Gasteiger partial charge in [0, 0.05) is 26.8 Å². The number of hydrogen-bond donors (Lipinski definition) is 1. The van der Waals surface area contributed by atoms with Crippen LogP contribution in [0.4, 0.5) is 0 Å². The first kappa shape index (κ1) is 14.7. The van der Waals surface area contributed by atoms with Gasteiger partial charge >= 0.3 is 0 Å². The minimum Gasteiger partial charge on any atom is -0.354 e. The highest BCUT2D eigenvalue weighted by Crippen LogP contribution is 2.35. The van der Waals surface area contributed by atoms with Gasteiger partial charge in [-0.1, -0.05) is 0 Å². The molecule has 2 aromatic rings. The molecule has 8 heteroatoms. The maximum absolute atomic E-state index is 12.6. The summed E-state index contributed by atoms with van der Waals surface area (Å²) in [5.41, 5.74) is 0.581. The third-order valence-electron chi connectivity index (χ3n) is 3.72. The molecule has 1 N–H and O–H groups in total. The standard InChI is InChI=1S/C14H17N5O2S/c1-15-12(20)11-7-16-13(22-11)10-4-3-5-19(10)14(21)9-6-17-18(2)8-9/h6-8,10H,3-5H2,1-2H3,(H,15,20). The minimum absolute atomic E-state index is 0.0349. The molecular formula is C14H17N5O2S. The van der Waals surface area contributed by atoms with Crippen LogP contribution in [0.1, 0.15) is 43.9 Å². The Bertz CT molecular complexity index is 708. The Morgan fingerprint density at radius 2 is 2.23 bits per heavy atom. The molecule has 116 valence electrons. The average molecular weight is 319 g/mol. The molecule has 0 aromatic carbocycles. The van der Waals surface area contributed by atoms with Crippen LogP contribution in [-0.2, 0) is 7.05 Å². The Hall–Kier alpha value is -2.22. The van der Waals surface area contributed by atoms with Crippen molar-refractivity contribution in [2.24, 2.45) is 7.05 Å². The van der Waals surface area contributed by atoms with Crippen molar-refractivity contribution in [3.8, 4) is 0 Å². The molecule has 7 nitrogen and oxygen atoms in total. The van der Waals surface area contributed by atoms with Crippen molar-refractivity contribution in [3.05, 3.63) is 34.0 Å². The fourth-order valence-electron chi connectivity index (χ4n) is 2.63. The van der Waals surface area contributed by atoms with Crippen LogP contribution in [0.15, 0.2) is 18.6 Å². The Labute approximate surface area is 132 Å². The van der Waals surface area contributed by atoms with E-state index in [9.17, 15) is 9.59 Å². The minimum atomic E-state index is -0.146. The number of carbonyl (C=O) groups is 2. The fourth-order valence-corrected chi connectivity index (χ4v) is 3.65. The van der Waals surface area contributed by atoms with Gasteiger partial charge < -0.3 is 10.2 Å². The van der Waals surface area contributed by atoms with Crippen molar-refractivity contribution in [1.82, 2.24) is 25.0 Å². The number of carbonyl (C=O) groups excluding carboxylic acids is 2. The first-order valence-corrected chi connectivity index (χ1v) is 7.89. The van der Waals surface area contributed by atoms with E-state index in [1.807, 2.05) is 4.90 Å². The van der Waals surface area contributed by atoms with Crippen LogP contribution in [0.3, 0.4) is 0 Å². The Kier molecular flexibility index (Phi) is 3.93. The number of amides is 2. The summed E-state index contributed by atoms with van der Waals surface area (Å²) in [6.45, 7) is 0.702. The number of aryl methyl sites for hydroxylation is 1. The Balaban J connectivity index is 1.82. The Morgan fingerprint density at radius 1 is 1.41 bits per heavy atom. The number of thiazole rings is 1. The molecule has 1 aliphatic rings. The van der Waals surface area contributed by atoms with Crippen LogP contribution in [0.5, 0.6) is 0 Å². The lowest BCUT2D eigenvalue weighted by molar-refractivity contribution is 0.0735. The zero-order valence-corrected chi connectivity index (χ0v) is 13.3. The molecule has 0 radical (unpaired) electrons. The van der Waals surface area contributed by atoms with Gasteiger partial charge in [0.1, 0.15) is 9.88 Å². The molecule has 1 atom stereocenters. The molecule has 1 fully saturated rings. The second kappa shape index (κ2) is 5.88. The van der Waals surface area contributed by atoms with Crippen molar-refractivity contribution in [2.75, 3.05) is 13.6 Å². The van der Waals surface area contributed by atoms with Gasteiger partial charge in [-0.3, -0.25) is 14.3 Å². The van der Waals surface area contributed by atoms with Crippen LogP contribution in [0.2, 0.25) is 0 Å². The summed E-state index contributed by atoms with van der Waals surface area (Å²) >= 11 is 1.35. The van der Waals surface area contributed by atoms with Gasteiger partial charge in [0.2, 0.25) is 0 Å². The van der Waals surface area contributed by atoms with Crippen molar-refractivity contribution >= 4 is 23.2 Å². The van der Waals surface area contributed by atoms with Crippen LogP contribution in [0.25, 0.3) is 0 Å². The van der Waals surface area contributed by atoms with Gasteiger partial charge in [-0.15, -0.1) is 11.3 Å². The van der Waals surface area contributed by atoms with Gasteiger partial charge in [0.05, 0.1) is 24.0 Å². The lowest BCUT2D eigenvalue weighted by atomic mass is 10.2. The predicted octanol–water partition coefficient (Wildman–Crippen LogP) is 1.21. The lowest BCUT2D eigenvalue weighted by Gasteiger charge is -2.22. The third-order valence-corrected chi connectivity index (χ3v) is 4.82. The maximum atomic E-state index is 12.6. The highest BCUT2D eigenvalue weighted by atomic mass is 32.1. The van der Waals surface area contributed by atoms with E-state index in [1.54, 1.807) is 37.4 Å². The van der Waals surface area contributed by atoms with E-state index in [-0.39, 0.29) is 17.9 Å². The van der Waals surface area contributed by atoms with Gasteiger partial charge in [0.15, 0.2) is 0 Å². The normalized spacial score (nSPS) is 17.7. The second-order valence-corrected chi connectivity index (χ2v) is 6.26. The summed E-state index contributed by atoms with van der Waals surface area (Å²) in [6, 6.07) is -0.0592. The molecule has 1 saturated heterocycles. The Morgan fingerprint density at radius 3 is 2.91 bits per heavy atom. The monoisotopic (exact) mass is 319 g/mol. The van der Waals surface area contributed by atoms with Crippen molar-refractivity contribution in [3.63, 3.8) is 0 Å². The fraction of sp³-hybridized carbons (Fsp3) is 0.429. The number of hydrogen-bond acceptors (Lipinski definition) is 5. The number of aromatic nitrogens is 3. The molecule has 2 aromatic heterocycles. The average Bonchev–Trinajstić information content (AvgIpc) is 3.24. The number of nitrogens with one attached hydrogen (secondary N) is 1. The first-order chi connectivity index (χ1) is 10.6. The molecule has 2 amide bonds. The van der Waals surface area contributed by atoms with Crippen LogP contribution in [0, 0.1) is 0 Å². The molecule has 1 unspecified atom stereocenters. The van der Waals surface area contributed by atoms with E-state index in [1.165, 1.54) is 11.3 Å². The van der Waals surface area contributed by atoms with E-state index < -0.39 is 0 Å². The van der Waals surface area contributed by atoms with Crippen molar-refractivity contribution in [2.45, 2.75) is 18.9 Å². The summed E-state index contributed by atoms with van der Waals surface area (Å²) in [6.07, 6.45) is 6.67. The highest BCUT2D eigenvalue weighted by Gasteiger charge is 2.33. The van der Waals surface area contributed by atoms with E-state index in [0.29, 0.717) is 17.0 Å². The predicted molar refractivity (Wildman–Crippen MR) is 81.7 cm³/mol. The maximum Gasteiger partial charge on any atom is 0.262 e. The van der Waals surface area contributed by atoms with Crippen LogP contribution >= 0.6 is 11.3 Å². The highest BCUT2D eigenvalue weighted by molar-refractivity contribution is 7.13. The van der Waals surface area contributed by atoms with Gasteiger partial charge in [-0.05, 0) is 12.8 Å². The summed E-state index contributed by atoms with van der Waals surface area (Å²) in [4.78, 5) is 31.0. The molecule has 0 spiro atoms. The van der Waals surface area contributed by atoms with Gasteiger partial charge in [-0.2, -0.15) is 5.10 Å². The molecule has 22 heavy (non-hydrogen) atoms. The second-order valence-electron chi connectivity index (χ2n) is 5.20. The molecule has 0 aliphatic carbocycles. The van der Waals surface area contributed by atoms with Crippen molar-refractivity contribution in [1.29, 1.82) is 0 Å². The smallest absolute Gasteiger partial charge is 0.262 e. The number of likely N-dealkylation sites (tertiary alicyclic amines) is 1. The quantitative estimate of drug-likeness (QED) is 0.922. The zero-order chi connectivity index (χ0) is 15.7. The van der Waals surface area contributed by atoms with E-state index in [2.05, 4.69) is 15.4 Å². The summed E-state index contributed by atoms with van der Waals surface area (Å²) in [5, 5.41) is 7.45. The van der Waals surface area contributed by atoms with E-state index in [4.69, 9.17) is 0 Å². The first-order valence-electron chi connectivity index (χ1n) is 7.07. The zero-order valence-electron chi connectivity index (χ0n) is 12.4. The molecule has 0 saturated carbocycles. The van der Waals surface area contributed by atoms with E-state index >= 15 is 0 Å². The van der Waals surface area contributed by atoms with Crippen LogP contribution < -0.4 is 5.32 Å². The number of rotatable bonds is 3. The third kappa shape index (κ3) is 2.61. The van der Waals surface area contributed by atoms with Crippen LogP contribution in [-0.4, -0.2) is 45.1 Å². The van der Waals surface area contributed by atoms with E-state index in [0.717, 1.165) is 17.8 Å². The SMILES string of the molecule is CNC(=O)c1cnc(C2CCCN2C(=O)c2cnn(C)c2)s1. The molecule has 3 rings (SSSR count). The summed E-state index contributed by atoms with van der Waals surface area (Å²) in [7, 11) is 3.38. The van der Waals surface area contributed by atoms with Gasteiger partial charge in [0.25, 0.3) is 11.8 Å². The molecular weight excluding hydrogens is 302 g/mol. The molecule has 0 bridgehead atoms. The molecule has 1 aliphatic heterocycles.